The van der Waals surface area contributed by atoms with Gasteiger partial charge in [0.2, 0.25) is 15.9 Å². The van der Waals surface area contributed by atoms with Crippen LogP contribution in [-0.2, 0) is 14.8 Å². The molecule has 0 saturated carbocycles. The lowest BCUT2D eigenvalue weighted by atomic mass is 9.72. The number of likely N-dealkylation sites (tertiary alicyclic amines) is 1. The Morgan fingerprint density at radius 2 is 1.96 bits per heavy atom. The van der Waals surface area contributed by atoms with Crippen molar-refractivity contribution in [2.75, 3.05) is 45.3 Å². The second-order valence-electron chi connectivity index (χ2n) is 7.57. The number of sulfonamides is 1. The van der Waals surface area contributed by atoms with Crippen LogP contribution in [0.3, 0.4) is 0 Å². The molecule has 2 fully saturated rings. The molecule has 0 radical (unpaired) electrons. The van der Waals surface area contributed by atoms with E-state index >= 15 is 0 Å². The molecule has 3 rings (SSSR count). The fourth-order valence-electron chi connectivity index (χ4n) is 4.20. The highest BCUT2D eigenvalue weighted by Gasteiger charge is 2.57. The molecule has 2 aliphatic rings. The van der Waals surface area contributed by atoms with Crippen LogP contribution in [0.1, 0.15) is 12.8 Å². The number of carbonyl (C=O) groups excluding carboxylic acids is 2. The Hall–Kier alpha value is -1.84. The summed E-state index contributed by atoms with van der Waals surface area (Å²) in [6.07, 6.45) is 0.586. The van der Waals surface area contributed by atoms with Gasteiger partial charge in [-0.25, -0.2) is 17.5 Å². The van der Waals surface area contributed by atoms with Crippen molar-refractivity contribution in [2.24, 2.45) is 5.41 Å². The smallest absolute Gasteiger partial charge is 0.321 e. The third kappa shape index (κ3) is 3.58. The average molecular weight is 429 g/mol. The maximum Gasteiger partial charge on any atom is 0.321 e. The fourth-order valence-corrected chi connectivity index (χ4v) is 5.98. The highest BCUT2D eigenvalue weighted by molar-refractivity contribution is 7.89. The van der Waals surface area contributed by atoms with Gasteiger partial charge in [0.05, 0.1) is 21.9 Å². The summed E-state index contributed by atoms with van der Waals surface area (Å²) in [6, 6.07) is 6.10. The number of hydrogen-bond acceptors (Lipinski definition) is 4. The number of urea groups is 1. The van der Waals surface area contributed by atoms with Gasteiger partial charge in [-0.15, -0.1) is 0 Å². The fraction of sp³-hybridized carbons (Fsp3) is 0.556. The Balaban J connectivity index is 1.88. The molecular weight excluding hydrogens is 404 g/mol. The molecule has 28 heavy (non-hydrogen) atoms. The zero-order valence-electron chi connectivity index (χ0n) is 16.2. The number of amides is 3. The maximum absolute atomic E-state index is 13.1. The minimum atomic E-state index is -3.40. The third-order valence-electron chi connectivity index (χ3n) is 5.70. The monoisotopic (exact) mass is 428 g/mol. The van der Waals surface area contributed by atoms with Crippen molar-refractivity contribution in [2.45, 2.75) is 18.9 Å². The number of anilines is 1. The second kappa shape index (κ2) is 7.53. The molecule has 0 aromatic heterocycles. The summed E-state index contributed by atoms with van der Waals surface area (Å²) in [6.45, 7) is 0.508. The van der Waals surface area contributed by atoms with Gasteiger partial charge in [0.1, 0.15) is 0 Å². The maximum atomic E-state index is 13.1. The number of halogens is 1. The number of para-hydroxylation sites is 1. The molecule has 1 N–H and O–H groups in total. The minimum Gasteiger partial charge on any atom is -0.348 e. The number of benzene rings is 1. The minimum absolute atomic E-state index is 0.112. The first kappa shape index (κ1) is 20.9. The predicted octanol–water partition coefficient (Wildman–Crippen LogP) is 1.69. The molecule has 2 atom stereocenters. The van der Waals surface area contributed by atoms with Gasteiger partial charge in [0, 0.05) is 40.3 Å². The van der Waals surface area contributed by atoms with Crippen molar-refractivity contribution < 1.29 is 18.0 Å². The third-order valence-corrected chi connectivity index (χ3v) is 7.88. The molecule has 2 aliphatic heterocycles. The molecule has 1 aromatic carbocycles. The zero-order chi connectivity index (χ0) is 20.7. The Bertz CT molecular complexity index is 891. The van der Waals surface area contributed by atoms with E-state index in [1.165, 1.54) is 16.3 Å². The number of nitrogens with one attached hydrogen (secondary N) is 1. The standard InChI is InChI=1S/C18H25ClN4O4S/c1-21(2)16(24)18-9-11-28(26,27)22(3)15(18)8-10-23(12-18)17(25)20-14-7-5-4-6-13(14)19/h4-7,15H,8-12H2,1-3H3,(H,20,25)/t15-,18+/m1/s1. The van der Waals surface area contributed by atoms with Gasteiger partial charge in [-0.2, -0.15) is 0 Å². The Morgan fingerprint density at radius 3 is 2.61 bits per heavy atom. The SMILES string of the molecule is CN(C)C(=O)[C@]12CCS(=O)(=O)N(C)[C@@H]1CCN(C(=O)Nc1ccccc1Cl)C2. The Kier molecular flexibility index (Phi) is 5.62. The molecule has 154 valence electrons. The number of carbonyl (C=O) groups is 2. The number of piperidine rings is 1. The van der Waals surface area contributed by atoms with Gasteiger partial charge < -0.3 is 15.1 Å². The lowest BCUT2D eigenvalue weighted by Crippen LogP contribution is -2.67. The summed E-state index contributed by atoms with van der Waals surface area (Å²) in [7, 11) is 1.43. The molecular formula is C18H25ClN4O4S. The normalized spacial score (nSPS) is 27.0. The van der Waals surface area contributed by atoms with Crippen LogP contribution in [0.5, 0.6) is 0 Å². The molecule has 2 heterocycles. The van der Waals surface area contributed by atoms with Crippen LogP contribution in [-0.4, -0.2) is 80.5 Å². The summed E-state index contributed by atoms with van der Waals surface area (Å²) in [4.78, 5) is 29.0. The van der Waals surface area contributed by atoms with Crippen molar-refractivity contribution >= 4 is 39.2 Å². The molecule has 0 bridgehead atoms. The van der Waals surface area contributed by atoms with E-state index in [2.05, 4.69) is 5.32 Å². The quantitative estimate of drug-likeness (QED) is 0.776. The molecule has 0 aliphatic carbocycles. The molecule has 2 saturated heterocycles. The molecule has 3 amide bonds. The van der Waals surface area contributed by atoms with E-state index in [4.69, 9.17) is 11.6 Å². The van der Waals surface area contributed by atoms with E-state index in [1.54, 1.807) is 43.3 Å². The first-order chi connectivity index (χ1) is 13.1. The van der Waals surface area contributed by atoms with Crippen LogP contribution < -0.4 is 5.32 Å². The van der Waals surface area contributed by atoms with Crippen LogP contribution in [0.15, 0.2) is 24.3 Å². The summed E-state index contributed by atoms with van der Waals surface area (Å²) in [5, 5.41) is 3.21. The van der Waals surface area contributed by atoms with Gasteiger partial charge in [-0.3, -0.25) is 4.79 Å². The van der Waals surface area contributed by atoms with Crippen LogP contribution in [0.2, 0.25) is 5.02 Å². The van der Waals surface area contributed by atoms with Crippen LogP contribution >= 0.6 is 11.6 Å². The van der Waals surface area contributed by atoms with Crippen molar-refractivity contribution in [1.29, 1.82) is 0 Å². The van der Waals surface area contributed by atoms with Crippen molar-refractivity contribution in [1.82, 2.24) is 14.1 Å². The summed E-state index contributed by atoms with van der Waals surface area (Å²) >= 11 is 6.12. The number of rotatable bonds is 2. The largest absolute Gasteiger partial charge is 0.348 e. The van der Waals surface area contributed by atoms with Crippen molar-refractivity contribution in [3.8, 4) is 0 Å². The number of fused-ring (bicyclic) bond motifs is 1. The molecule has 1 aromatic rings. The predicted molar refractivity (Wildman–Crippen MR) is 108 cm³/mol. The van der Waals surface area contributed by atoms with E-state index in [-0.39, 0.29) is 30.7 Å². The highest BCUT2D eigenvalue weighted by atomic mass is 35.5. The highest BCUT2D eigenvalue weighted by Crippen LogP contribution is 2.43. The number of hydrogen-bond donors (Lipinski definition) is 1. The average Bonchev–Trinajstić information content (AvgIpc) is 2.66. The van der Waals surface area contributed by atoms with E-state index in [9.17, 15) is 18.0 Å². The van der Waals surface area contributed by atoms with Crippen molar-refractivity contribution in [3.63, 3.8) is 0 Å². The van der Waals surface area contributed by atoms with E-state index in [0.717, 1.165) is 0 Å². The Morgan fingerprint density at radius 1 is 1.29 bits per heavy atom. The lowest BCUT2D eigenvalue weighted by molar-refractivity contribution is -0.146. The van der Waals surface area contributed by atoms with Gasteiger partial charge >= 0.3 is 6.03 Å². The number of nitrogens with zero attached hydrogens (tertiary/aromatic N) is 3. The van der Waals surface area contributed by atoms with Gasteiger partial charge in [0.25, 0.3) is 0 Å². The molecule has 8 nitrogen and oxygen atoms in total. The van der Waals surface area contributed by atoms with Gasteiger partial charge in [0.15, 0.2) is 0 Å². The summed E-state index contributed by atoms with van der Waals surface area (Å²) < 4.78 is 26.0. The molecule has 0 unspecified atom stereocenters. The van der Waals surface area contributed by atoms with Gasteiger partial charge in [-0.1, -0.05) is 23.7 Å². The second-order valence-corrected chi connectivity index (χ2v) is 10.1. The first-order valence-electron chi connectivity index (χ1n) is 9.06. The molecule has 0 spiro atoms. The summed E-state index contributed by atoms with van der Waals surface area (Å²) in [5.74, 6) is -0.269. The van der Waals surface area contributed by atoms with Crippen molar-refractivity contribution in [3.05, 3.63) is 29.3 Å². The van der Waals surface area contributed by atoms with E-state index in [1.807, 2.05) is 0 Å². The molecule has 10 heteroatoms. The van der Waals surface area contributed by atoms with Crippen LogP contribution in [0, 0.1) is 5.41 Å². The van der Waals surface area contributed by atoms with Gasteiger partial charge in [-0.05, 0) is 25.0 Å². The summed E-state index contributed by atoms with van der Waals surface area (Å²) in [5.41, 5.74) is -0.466. The zero-order valence-corrected chi connectivity index (χ0v) is 17.8. The first-order valence-corrected chi connectivity index (χ1v) is 11.0. The van der Waals surface area contributed by atoms with Crippen LogP contribution in [0.4, 0.5) is 10.5 Å². The Labute approximate surface area is 170 Å². The van der Waals surface area contributed by atoms with Crippen LogP contribution in [0.25, 0.3) is 0 Å². The topological polar surface area (TPSA) is 90.0 Å². The van der Waals surface area contributed by atoms with E-state index < -0.39 is 21.5 Å². The lowest BCUT2D eigenvalue weighted by Gasteiger charge is -2.52. The van der Waals surface area contributed by atoms with E-state index in [0.29, 0.717) is 23.7 Å².